The van der Waals surface area contributed by atoms with Crippen LogP contribution in [-0.2, 0) is 20.7 Å². The number of amides is 1. The van der Waals surface area contributed by atoms with Gasteiger partial charge in [-0.3, -0.25) is 14.9 Å². The van der Waals surface area contributed by atoms with E-state index in [0.29, 0.717) is 30.1 Å². The van der Waals surface area contributed by atoms with Crippen molar-refractivity contribution >= 4 is 46.0 Å². The summed E-state index contributed by atoms with van der Waals surface area (Å²) in [6.45, 7) is 7.98. The molecule has 1 saturated heterocycles. The predicted octanol–water partition coefficient (Wildman–Crippen LogP) is 4.59. The Kier molecular flexibility index (Phi) is 8.03. The number of hydrogen-bond acceptors (Lipinski definition) is 9. The van der Waals surface area contributed by atoms with Gasteiger partial charge in [0, 0.05) is 30.1 Å². The Morgan fingerprint density at radius 2 is 2.08 bits per heavy atom. The molecule has 10 nitrogen and oxygen atoms in total. The summed E-state index contributed by atoms with van der Waals surface area (Å²) in [5.41, 5.74) is 0.222. The summed E-state index contributed by atoms with van der Waals surface area (Å²) >= 11 is 7.83. The van der Waals surface area contributed by atoms with Crippen molar-refractivity contribution in [3.63, 3.8) is 0 Å². The number of anilines is 2. The monoisotopic (exact) mass is 537 g/mol. The number of ether oxygens (including phenoxy) is 2. The highest BCUT2D eigenvalue weighted by Crippen LogP contribution is 2.44. The largest absolute Gasteiger partial charge is 0.376 e. The number of fused-ring (bicyclic) bond motifs is 1. The number of pyridine rings is 1. The maximum atomic E-state index is 12.7. The molecule has 0 bridgehead atoms. The first-order valence-electron chi connectivity index (χ1n) is 12.1. The highest BCUT2D eigenvalue weighted by molar-refractivity contribution is 7.10. The molecule has 36 heavy (non-hydrogen) atoms. The van der Waals surface area contributed by atoms with Gasteiger partial charge in [-0.05, 0) is 51.1 Å². The third kappa shape index (κ3) is 5.59. The minimum Gasteiger partial charge on any atom is -0.376 e. The summed E-state index contributed by atoms with van der Waals surface area (Å²) in [6.07, 6.45) is 2.43. The second kappa shape index (κ2) is 10.9. The lowest BCUT2D eigenvalue weighted by molar-refractivity contribution is -0.383. The molecule has 2 fully saturated rings. The summed E-state index contributed by atoms with van der Waals surface area (Å²) in [5.74, 6) is -1.29. The first-order valence-corrected chi connectivity index (χ1v) is 13.4. The van der Waals surface area contributed by atoms with Crippen molar-refractivity contribution in [2.24, 2.45) is 5.92 Å². The van der Waals surface area contributed by atoms with Crippen molar-refractivity contribution in [3.8, 4) is 0 Å². The van der Waals surface area contributed by atoms with Gasteiger partial charge in [0.2, 0.25) is 11.7 Å². The van der Waals surface area contributed by atoms with E-state index in [-0.39, 0.29) is 23.5 Å². The van der Waals surface area contributed by atoms with E-state index in [1.54, 1.807) is 31.3 Å². The van der Waals surface area contributed by atoms with Crippen molar-refractivity contribution in [2.45, 2.75) is 77.0 Å². The molecular formula is C24H32ClN5O5S. The van der Waals surface area contributed by atoms with Gasteiger partial charge in [-0.15, -0.1) is 11.3 Å². The highest BCUT2D eigenvalue weighted by Gasteiger charge is 2.56. The zero-order valence-corrected chi connectivity index (χ0v) is 22.3. The third-order valence-corrected chi connectivity index (χ3v) is 7.97. The molecular weight excluding hydrogens is 506 g/mol. The topological polar surface area (TPSA) is 128 Å². The summed E-state index contributed by atoms with van der Waals surface area (Å²) in [4.78, 5) is 29.8. The van der Waals surface area contributed by atoms with Gasteiger partial charge in [0.05, 0.1) is 21.9 Å². The zero-order valence-electron chi connectivity index (χ0n) is 20.7. The maximum absolute atomic E-state index is 12.7. The lowest BCUT2D eigenvalue weighted by Crippen LogP contribution is -2.37. The van der Waals surface area contributed by atoms with Crippen LogP contribution in [0.1, 0.15) is 45.4 Å². The molecule has 0 spiro atoms. The van der Waals surface area contributed by atoms with E-state index in [4.69, 9.17) is 21.1 Å². The first kappa shape index (κ1) is 26.6. The number of aromatic nitrogens is 1. The third-order valence-electron chi connectivity index (χ3n) is 6.56. The molecule has 2 aliphatic rings. The average Bonchev–Trinajstić information content (AvgIpc) is 3.46. The van der Waals surface area contributed by atoms with Crippen LogP contribution >= 0.6 is 22.9 Å². The number of rotatable bonds is 10. The fourth-order valence-corrected chi connectivity index (χ4v) is 6.13. The Morgan fingerprint density at radius 3 is 2.72 bits per heavy atom. The van der Waals surface area contributed by atoms with Gasteiger partial charge in [0.1, 0.15) is 17.9 Å². The molecule has 1 aliphatic carbocycles. The molecule has 196 valence electrons. The minimum atomic E-state index is -0.861. The molecule has 1 aliphatic heterocycles. The lowest BCUT2D eigenvalue weighted by Gasteiger charge is -2.24. The quantitative estimate of drug-likeness (QED) is 0.296. The van der Waals surface area contributed by atoms with Crippen LogP contribution in [-0.4, -0.2) is 52.4 Å². The molecule has 0 aromatic carbocycles. The Hall–Kier alpha value is -2.47. The average molecular weight is 538 g/mol. The zero-order chi connectivity index (χ0) is 26.0. The van der Waals surface area contributed by atoms with Gasteiger partial charge in [-0.1, -0.05) is 18.5 Å². The van der Waals surface area contributed by atoms with Crippen LogP contribution in [0, 0.1) is 16.0 Å². The Labute approximate surface area is 219 Å². The molecule has 3 N–H and O–H groups in total. The van der Waals surface area contributed by atoms with Gasteiger partial charge in [0.25, 0.3) is 0 Å². The van der Waals surface area contributed by atoms with Gasteiger partial charge in [-0.2, -0.15) is 0 Å². The molecule has 2 aromatic rings. The van der Waals surface area contributed by atoms with Crippen molar-refractivity contribution in [1.82, 2.24) is 10.3 Å². The van der Waals surface area contributed by atoms with E-state index >= 15 is 0 Å². The Balaban J connectivity index is 1.58. The van der Waals surface area contributed by atoms with Gasteiger partial charge in [0.15, 0.2) is 5.79 Å². The van der Waals surface area contributed by atoms with Gasteiger partial charge in [-0.25, -0.2) is 4.98 Å². The standard InChI is InChI=1S/C24H32ClN5O5S/c1-5-13(11-18-15(25)8-10-36-18)28-16-7-9-27-22(19(16)30(32)33)29-17-12-14(23(31)26-6-2)20-21(17)35-24(3,4)34-20/h7-10,13-14,17,20-21H,5-6,11-12H2,1-4H3,(H,26,31)(H2,27,28,29)/t13?,14-,17+,20+,21-/m1/s1. The van der Waals surface area contributed by atoms with Gasteiger partial charge < -0.3 is 25.4 Å². The molecule has 5 atom stereocenters. The second-order valence-corrected chi connectivity index (χ2v) is 10.9. The second-order valence-electron chi connectivity index (χ2n) is 9.51. The van der Waals surface area contributed by atoms with Crippen LogP contribution in [0.25, 0.3) is 0 Å². The number of nitro groups is 1. The normalized spacial score (nSPS) is 25.2. The van der Waals surface area contributed by atoms with Crippen LogP contribution in [0.5, 0.6) is 0 Å². The number of carbonyl (C=O) groups is 1. The summed E-state index contributed by atoms with van der Waals surface area (Å²) in [7, 11) is 0. The van der Waals surface area contributed by atoms with Crippen molar-refractivity contribution in [2.75, 3.05) is 17.2 Å². The van der Waals surface area contributed by atoms with E-state index in [0.717, 1.165) is 11.3 Å². The van der Waals surface area contributed by atoms with E-state index in [9.17, 15) is 14.9 Å². The van der Waals surface area contributed by atoms with E-state index in [2.05, 4.69) is 20.9 Å². The Morgan fingerprint density at radius 1 is 1.33 bits per heavy atom. The van der Waals surface area contributed by atoms with Crippen LogP contribution in [0.15, 0.2) is 23.7 Å². The number of thiophene rings is 1. The van der Waals surface area contributed by atoms with Crippen molar-refractivity contribution in [1.29, 1.82) is 0 Å². The maximum Gasteiger partial charge on any atom is 0.334 e. The van der Waals surface area contributed by atoms with Crippen LogP contribution in [0.2, 0.25) is 5.02 Å². The number of hydrogen-bond donors (Lipinski definition) is 3. The van der Waals surface area contributed by atoms with Crippen LogP contribution < -0.4 is 16.0 Å². The SMILES string of the molecule is CCNC(=O)[C@@H]1C[C@H](Nc2nccc(NC(CC)Cc3sccc3Cl)c2[N+](=O)[O-])[C@H]2OC(C)(C)O[C@H]21. The lowest BCUT2D eigenvalue weighted by atomic mass is 10.0. The molecule has 4 rings (SSSR count). The summed E-state index contributed by atoms with van der Waals surface area (Å²) in [5, 5.41) is 24.2. The van der Waals surface area contributed by atoms with E-state index < -0.39 is 34.9 Å². The van der Waals surface area contributed by atoms with Crippen LogP contribution in [0.4, 0.5) is 17.2 Å². The van der Waals surface area contributed by atoms with Crippen molar-refractivity contribution in [3.05, 3.63) is 43.7 Å². The summed E-state index contributed by atoms with van der Waals surface area (Å²) in [6, 6.07) is 3.01. The molecule has 1 amide bonds. The smallest absolute Gasteiger partial charge is 0.334 e. The number of halogens is 1. The van der Waals surface area contributed by atoms with E-state index in [1.807, 2.05) is 25.3 Å². The predicted molar refractivity (Wildman–Crippen MR) is 140 cm³/mol. The highest BCUT2D eigenvalue weighted by atomic mass is 35.5. The van der Waals surface area contributed by atoms with Crippen molar-refractivity contribution < 1.29 is 19.2 Å². The molecule has 2 aromatic heterocycles. The minimum absolute atomic E-state index is 0.0551. The van der Waals surface area contributed by atoms with Crippen LogP contribution in [0.3, 0.4) is 0 Å². The molecule has 3 heterocycles. The summed E-state index contributed by atoms with van der Waals surface area (Å²) < 4.78 is 12.2. The first-order chi connectivity index (χ1) is 17.1. The fraction of sp³-hybridized carbons (Fsp3) is 0.583. The number of carbonyl (C=O) groups excluding carboxylic acids is 1. The Bertz CT molecular complexity index is 1110. The molecule has 0 radical (unpaired) electrons. The van der Waals surface area contributed by atoms with E-state index in [1.165, 1.54) is 6.20 Å². The molecule has 1 unspecified atom stereocenters. The molecule has 1 saturated carbocycles. The molecule has 12 heteroatoms. The number of nitrogens with one attached hydrogen (secondary N) is 3. The number of nitrogens with zero attached hydrogens (tertiary/aromatic N) is 2. The van der Waals surface area contributed by atoms with Gasteiger partial charge >= 0.3 is 5.69 Å². The fourth-order valence-electron chi connectivity index (χ4n) is 4.93.